The molecule has 130 valence electrons. The van der Waals surface area contributed by atoms with Gasteiger partial charge in [0.1, 0.15) is 0 Å². The van der Waals surface area contributed by atoms with Gasteiger partial charge in [-0.25, -0.2) is 4.79 Å². The van der Waals surface area contributed by atoms with Gasteiger partial charge in [-0.2, -0.15) is 0 Å². The normalized spacial score (nSPS) is 14.4. The second-order valence-electron chi connectivity index (χ2n) is 6.08. The van der Waals surface area contributed by atoms with Crippen molar-refractivity contribution in [2.75, 3.05) is 11.9 Å². The fraction of sp³-hybridized carbons (Fsp3) is 0.263. The summed E-state index contributed by atoms with van der Waals surface area (Å²) in [4.78, 5) is 24.2. The fourth-order valence-electron chi connectivity index (χ4n) is 2.67. The van der Waals surface area contributed by atoms with E-state index >= 15 is 0 Å². The van der Waals surface area contributed by atoms with E-state index in [-0.39, 0.29) is 24.5 Å². The summed E-state index contributed by atoms with van der Waals surface area (Å²) in [5, 5.41) is 8.37. The van der Waals surface area contributed by atoms with Crippen LogP contribution in [0, 0.1) is 5.92 Å². The molecule has 3 rings (SSSR count). The Morgan fingerprint density at radius 3 is 2.40 bits per heavy atom. The third kappa shape index (κ3) is 5.06. The van der Waals surface area contributed by atoms with Crippen LogP contribution in [0.5, 0.6) is 0 Å². The lowest BCUT2D eigenvalue weighted by Gasteiger charge is -2.19. The van der Waals surface area contributed by atoms with Crippen molar-refractivity contribution < 1.29 is 9.59 Å². The molecule has 25 heavy (non-hydrogen) atoms. The third-order valence-corrected chi connectivity index (χ3v) is 4.79. The van der Waals surface area contributed by atoms with E-state index in [4.69, 9.17) is 0 Å². The molecule has 0 bridgehead atoms. The maximum Gasteiger partial charge on any atom is 0.315 e. The second kappa shape index (κ2) is 8.16. The van der Waals surface area contributed by atoms with E-state index in [1.165, 1.54) is 0 Å². The van der Waals surface area contributed by atoms with Crippen LogP contribution in [0.1, 0.15) is 24.4 Å². The Bertz CT molecular complexity index is 747. The lowest BCUT2D eigenvalue weighted by Crippen LogP contribution is -2.42. The molecule has 5 nitrogen and oxygen atoms in total. The fourth-order valence-corrected chi connectivity index (χ4v) is 3.06. The van der Waals surface area contributed by atoms with E-state index in [9.17, 15) is 9.59 Å². The Labute approximate surface area is 155 Å². The van der Waals surface area contributed by atoms with Gasteiger partial charge in [-0.3, -0.25) is 4.79 Å². The summed E-state index contributed by atoms with van der Waals surface area (Å²) >= 11 is 3.37. The summed E-state index contributed by atoms with van der Waals surface area (Å²) in [6, 6.07) is 16.9. The molecule has 3 amide bonds. The van der Waals surface area contributed by atoms with Crippen molar-refractivity contribution in [1.29, 1.82) is 0 Å². The number of nitrogens with one attached hydrogen (secondary N) is 3. The summed E-state index contributed by atoms with van der Waals surface area (Å²) < 4.78 is 0.797. The van der Waals surface area contributed by atoms with Crippen molar-refractivity contribution in [3.8, 4) is 0 Å². The quantitative estimate of drug-likeness (QED) is 0.687. The van der Waals surface area contributed by atoms with Gasteiger partial charge in [0.25, 0.3) is 0 Å². The van der Waals surface area contributed by atoms with Crippen LogP contribution in [-0.2, 0) is 4.79 Å². The number of anilines is 1. The molecule has 1 aliphatic carbocycles. The molecule has 1 aliphatic rings. The van der Waals surface area contributed by atoms with Crippen LogP contribution in [0.2, 0.25) is 0 Å². The summed E-state index contributed by atoms with van der Waals surface area (Å²) in [7, 11) is 0. The maximum atomic E-state index is 12.2. The van der Waals surface area contributed by atoms with Crippen LogP contribution in [0.4, 0.5) is 10.5 Å². The standard InChI is InChI=1S/C19H20BrN3O2/c20-15-8-4-5-9-16(15)22-17(24)12-21-19(25)23-18(14-10-11-14)13-6-2-1-3-7-13/h1-9,14,18H,10-12H2,(H,22,24)(H2,21,23,25)/t18-/m1/s1. The van der Waals surface area contributed by atoms with Crippen molar-refractivity contribution in [2.45, 2.75) is 18.9 Å². The van der Waals surface area contributed by atoms with E-state index in [0.717, 1.165) is 22.9 Å². The molecule has 1 saturated carbocycles. The molecule has 0 aliphatic heterocycles. The van der Waals surface area contributed by atoms with Crippen molar-refractivity contribution >= 4 is 33.6 Å². The molecule has 0 spiro atoms. The molecular formula is C19H20BrN3O2. The molecule has 0 saturated heterocycles. The predicted molar refractivity (Wildman–Crippen MR) is 101 cm³/mol. The van der Waals surface area contributed by atoms with Gasteiger partial charge in [-0.1, -0.05) is 42.5 Å². The van der Waals surface area contributed by atoms with Gasteiger partial charge in [0, 0.05) is 4.47 Å². The van der Waals surface area contributed by atoms with Crippen molar-refractivity contribution in [3.63, 3.8) is 0 Å². The highest BCUT2D eigenvalue weighted by atomic mass is 79.9. The number of carbonyl (C=O) groups is 2. The van der Waals surface area contributed by atoms with Gasteiger partial charge in [0.15, 0.2) is 0 Å². The van der Waals surface area contributed by atoms with Crippen LogP contribution < -0.4 is 16.0 Å². The molecular weight excluding hydrogens is 382 g/mol. The molecule has 0 unspecified atom stereocenters. The largest absolute Gasteiger partial charge is 0.331 e. The second-order valence-corrected chi connectivity index (χ2v) is 6.94. The van der Waals surface area contributed by atoms with Crippen LogP contribution in [0.15, 0.2) is 59.1 Å². The molecule has 2 aromatic carbocycles. The monoisotopic (exact) mass is 401 g/mol. The zero-order valence-corrected chi connectivity index (χ0v) is 15.3. The molecule has 1 atom stereocenters. The highest BCUT2D eigenvalue weighted by Crippen LogP contribution is 2.40. The number of benzene rings is 2. The average molecular weight is 402 g/mol. The Kier molecular flexibility index (Phi) is 5.71. The Hall–Kier alpha value is -2.34. The van der Waals surface area contributed by atoms with Gasteiger partial charge >= 0.3 is 6.03 Å². The minimum absolute atomic E-state index is 0.00692. The van der Waals surface area contributed by atoms with Crippen LogP contribution >= 0.6 is 15.9 Å². The van der Waals surface area contributed by atoms with Gasteiger partial charge in [0.05, 0.1) is 18.3 Å². The Morgan fingerprint density at radius 2 is 1.72 bits per heavy atom. The van der Waals surface area contributed by atoms with E-state index < -0.39 is 0 Å². The first kappa shape index (κ1) is 17.5. The van der Waals surface area contributed by atoms with Gasteiger partial charge < -0.3 is 16.0 Å². The maximum absolute atomic E-state index is 12.2. The van der Waals surface area contributed by atoms with E-state index in [1.54, 1.807) is 6.07 Å². The van der Waals surface area contributed by atoms with Crippen LogP contribution in [0.3, 0.4) is 0 Å². The van der Waals surface area contributed by atoms with E-state index in [0.29, 0.717) is 11.6 Å². The molecule has 0 heterocycles. The average Bonchev–Trinajstić information content (AvgIpc) is 3.46. The number of hydrogen-bond acceptors (Lipinski definition) is 2. The summed E-state index contributed by atoms with van der Waals surface area (Å²) in [6.45, 7) is -0.0840. The smallest absolute Gasteiger partial charge is 0.315 e. The van der Waals surface area contributed by atoms with Crippen molar-refractivity contribution in [1.82, 2.24) is 10.6 Å². The molecule has 3 N–H and O–H groups in total. The van der Waals surface area contributed by atoms with Crippen molar-refractivity contribution in [3.05, 3.63) is 64.6 Å². The van der Waals surface area contributed by atoms with Crippen molar-refractivity contribution in [2.24, 2.45) is 5.92 Å². The molecule has 6 heteroatoms. The first-order chi connectivity index (χ1) is 12.1. The number of carbonyl (C=O) groups excluding carboxylic acids is 2. The summed E-state index contributed by atoms with van der Waals surface area (Å²) in [5.74, 6) is 0.201. The molecule has 0 radical (unpaired) electrons. The SMILES string of the molecule is O=C(CNC(=O)N[C@H](c1ccccc1)C1CC1)Nc1ccccc1Br. The highest BCUT2D eigenvalue weighted by molar-refractivity contribution is 9.10. The number of amides is 3. The summed E-state index contributed by atoms with van der Waals surface area (Å²) in [6.07, 6.45) is 2.23. The minimum atomic E-state index is -0.331. The highest BCUT2D eigenvalue weighted by Gasteiger charge is 2.33. The lowest BCUT2D eigenvalue weighted by atomic mass is 10.0. The number of hydrogen-bond donors (Lipinski definition) is 3. The lowest BCUT2D eigenvalue weighted by molar-refractivity contribution is -0.115. The van der Waals surface area contributed by atoms with E-state index in [2.05, 4.69) is 31.9 Å². The first-order valence-electron chi connectivity index (χ1n) is 8.27. The van der Waals surface area contributed by atoms with E-state index in [1.807, 2.05) is 48.5 Å². The van der Waals surface area contributed by atoms with Gasteiger partial charge in [-0.05, 0) is 52.4 Å². The number of para-hydroxylation sites is 1. The van der Waals surface area contributed by atoms with Crippen LogP contribution in [0.25, 0.3) is 0 Å². The third-order valence-electron chi connectivity index (χ3n) is 4.10. The summed E-state index contributed by atoms with van der Waals surface area (Å²) in [5.41, 5.74) is 1.77. The minimum Gasteiger partial charge on any atom is -0.331 e. The first-order valence-corrected chi connectivity index (χ1v) is 9.06. The zero-order valence-electron chi connectivity index (χ0n) is 13.7. The zero-order chi connectivity index (χ0) is 17.6. The molecule has 0 aromatic heterocycles. The van der Waals surface area contributed by atoms with Gasteiger partial charge in [0.2, 0.25) is 5.91 Å². The predicted octanol–water partition coefficient (Wildman–Crippen LogP) is 3.84. The molecule has 2 aromatic rings. The Morgan fingerprint density at radius 1 is 1.04 bits per heavy atom. The van der Waals surface area contributed by atoms with Crippen LogP contribution in [-0.4, -0.2) is 18.5 Å². The number of halogens is 1. The molecule has 1 fully saturated rings. The topological polar surface area (TPSA) is 70.2 Å². The number of urea groups is 1. The Balaban J connectivity index is 1.50. The van der Waals surface area contributed by atoms with Gasteiger partial charge in [-0.15, -0.1) is 0 Å². The number of rotatable bonds is 6.